The lowest BCUT2D eigenvalue weighted by atomic mass is 10.0. The van der Waals surface area contributed by atoms with Crippen LogP contribution in [0.5, 0.6) is 0 Å². The fourth-order valence-electron chi connectivity index (χ4n) is 9.80. The molecule has 0 aliphatic heterocycles. The van der Waals surface area contributed by atoms with Crippen molar-refractivity contribution in [2.75, 3.05) is 26.4 Å². The maximum Gasteiger partial charge on any atom is 0.472 e. The van der Waals surface area contributed by atoms with Crippen molar-refractivity contribution in [2.24, 2.45) is 0 Å². The van der Waals surface area contributed by atoms with Crippen molar-refractivity contribution in [3.8, 4) is 0 Å². The Balaban J connectivity index is 4.64. The Labute approximate surface area is 480 Å². The summed E-state index contributed by atoms with van der Waals surface area (Å²) in [6, 6.07) is 0. The minimum atomic E-state index is -4.75. The van der Waals surface area contributed by atoms with Crippen LogP contribution in [0.1, 0.15) is 342 Å². The number of aliphatic hydroxyl groups excluding tert-OH is 1. The zero-order valence-electron chi connectivity index (χ0n) is 51.2. The molecule has 460 valence electrons. The van der Waals surface area contributed by atoms with E-state index in [1.54, 1.807) is 0 Å². The molecule has 0 aliphatic rings. The molecule has 0 fully saturated rings. The monoisotopic (exact) mass is 1120 g/mol. The van der Waals surface area contributed by atoms with E-state index in [4.69, 9.17) is 23.3 Å². The van der Waals surface area contributed by atoms with Gasteiger partial charge >= 0.3 is 25.7 Å². The Hall–Kier alpha value is -2.04. The Morgan fingerprint density at radius 3 is 0.974 bits per heavy atom. The molecule has 0 saturated heterocycles. The third-order valence-electron chi connectivity index (χ3n) is 14.9. The number of hydrogen-bond acceptors (Lipinski definition) is 10. The molecule has 0 radical (unpaired) electrons. The van der Waals surface area contributed by atoms with Gasteiger partial charge in [0.25, 0.3) is 0 Å². The molecule has 0 aromatic heterocycles. The lowest BCUT2D eigenvalue weighted by Crippen LogP contribution is -2.30. The first-order valence-corrected chi connectivity index (χ1v) is 34.7. The van der Waals surface area contributed by atoms with Crippen molar-refractivity contribution in [1.82, 2.24) is 0 Å². The van der Waals surface area contributed by atoms with E-state index in [0.29, 0.717) is 19.3 Å². The van der Waals surface area contributed by atoms with Crippen molar-refractivity contribution < 1.29 is 52.2 Å². The summed E-state index contributed by atoms with van der Waals surface area (Å²) in [6.45, 7) is 4.71. The zero-order valence-corrected chi connectivity index (χ0v) is 52.1. The van der Waals surface area contributed by atoms with Crippen LogP contribution in [-0.4, -0.2) is 66.5 Å². The molecule has 0 heterocycles. The van der Waals surface area contributed by atoms with Gasteiger partial charge in [-0.25, -0.2) is 4.57 Å². The first-order chi connectivity index (χ1) is 38.2. The fourth-order valence-corrected chi connectivity index (χ4v) is 10.6. The van der Waals surface area contributed by atoms with E-state index in [9.17, 15) is 28.9 Å². The van der Waals surface area contributed by atoms with E-state index < -0.39 is 57.8 Å². The van der Waals surface area contributed by atoms with Crippen LogP contribution in [0, 0.1) is 0 Å². The van der Waals surface area contributed by atoms with Crippen LogP contribution >= 0.6 is 7.82 Å². The Morgan fingerprint density at radius 2 is 0.628 bits per heavy atom. The summed E-state index contributed by atoms with van der Waals surface area (Å²) < 4.78 is 39.7. The summed E-state index contributed by atoms with van der Waals surface area (Å²) in [5.74, 6) is -1.44. The summed E-state index contributed by atoms with van der Waals surface area (Å²) in [6.07, 6.45) is 64.1. The van der Waals surface area contributed by atoms with Gasteiger partial charge < -0.3 is 24.2 Å². The second-order valence-electron chi connectivity index (χ2n) is 22.7. The molecular weight excluding hydrogens is 1000 g/mol. The number of carbonyl (C=O) groups excluding carboxylic acids is 3. The molecule has 0 bridgehead atoms. The highest BCUT2D eigenvalue weighted by Gasteiger charge is 2.28. The Bertz CT molecular complexity index is 1400. The molecule has 0 amide bonds. The normalized spacial score (nSPS) is 13.3. The molecule has 0 aromatic rings. The molecule has 0 aliphatic carbocycles. The predicted molar refractivity (Wildman–Crippen MR) is 326 cm³/mol. The number of esters is 3. The maximum atomic E-state index is 13.0. The second-order valence-corrected chi connectivity index (χ2v) is 24.1. The number of hydrogen-bond donors (Lipinski definition) is 2. The number of phosphoric acid groups is 1. The molecule has 12 heteroatoms. The van der Waals surface area contributed by atoms with Gasteiger partial charge in [-0.15, -0.1) is 0 Å². The van der Waals surface area contributed by atoms with Gasteiger partial charge in [0.05, 0.1) is 19.8 Å². The summed E-state index contributed by atoms with van der Waals surface area (Å²) in [4.78, 5) is 48.8. The minimum Gasteiger partial charge on any atom is -0.462 e. The average molecular weight is 1130 g/mol. The van der Waals surface area contributed by atoms with Crippen LogP contribution in [0.2, 0.25) is 0 Å². The number of rotatable bonds is 63. The standard InChI is InChI=1S/C66H125O11P/c1-4-7-10-13-16-19-22-25-28-31-34-37-40-43-46-49-52-55-64(68)73-59-63(77-66(70)57-54-51-48-45-42-39-36-33-30-27-24-21-18-15-12-9-6-3)61-75-78(71,72)74-60-62(58-67)76-65(69)56-53-50-47-44-41-38-35-32-29-26-23-20-17-14-11-8-5-2/h18,21,27,30,62-63,67H,4-17,19-20,22-26,28-29,31-61H2,1-3H3,(H,71,72)/b21-18-,30-27-. The van der Waals surface area contributed by atoms with Gasteiger partial charge in [-0.3, -0.25) is 23.4 Å². The third-order valence-corrected chi connectivity index (χ3v) is 15.8. The van der Waals surface area contributed by atoms with Crippen LogP contribution in [0.15, 0.2) is 24.3 Å². The Kier molecular flexibility index (Phi) is 59.4. The highest BCUT2D eigenvalue weighted by Crippen LogP contribution is 2.43. The number of allylic oxidation sites excluding steroid dienone is 4. The summed E-state index contributed by atoms with van der Waals surface area (Å²) in [7, 11) is -4.75. The van der Waals surface area contributed by atoms with Crippen molar-refractivity contribution in [2.45, 2.75) is 354 Å². The number of phosphoric ester groups is 1. The first-order valence-electron chi connectivity index (χ1n) is 33.2. The molecule has 3 unspecified atom stereocenters. The lowest BCUT2D eigenvalue weighted by molar-refractivity contribution is -0.161. The number of aliphatic hydroxyl groups is 1. The van der Waals surface area contributed by atoms with Gasteiger partial charge in [0.2, 0.25) is 0 Å². The minimum absolute atomic E-state index is 0.165. The molecule has 2 N–H and O–H groups in total. The highest BCUT2D eigenvalue weighted by molar-refractivity contribution is 7.47. The smallest absolute Gasteiger partial charge is 0.462 e. The number of carbonyl (C=O) groups is 3. The number of unbranched alkanes of at least 4 members (excludes halogenated alkanes) is 42. The van der Waals surface area contributed by atoms with E-state index in [0.717, 1.165) is 77.0 Å². The maximum absolute atomic E-state index is 13.0. The quantitative estimate of drug-likeness (QED) is 0.0197. The predicted octanol–water partition coefficient (Wildman–Crippen LogP) is 20.2. The first kappa shape index (κ1) is 76.0. The molecule has 0 spiro atoms. The van der Waals surface area contributed by atoms with Gasteiger partial charge in [0.1, 0.15) is 12.7 Å². The molecular formula is C66H125O11P. The fraction of sp³-hybridized carbons (Fsp3) is 0.894. The number of ether oxygens (including phenoxy) is 3. The summed E-state index contributed by atoms with van der Waals surface area (Å²) >= 11 is 0. The molecule has 11 nitrogen and oxygen atoms in total. The van der Waals surface area contributed by atoms with Crippen LogP contribution in [0.4, 0.5) is 0 Å². The van der Waals surface area contributed by atoms with E-state index in [1.165, 1.54) is 205 Å². The molecule has 0 rings (SSSR count). The van der Waals surface area contributed by atoms with Crippen LogP contribution in [-0.2, 0) is 42.2 Å². The van der Waals surface area contributed by atoms with Crippen molar-refractivity contribution >= 4 is 25.7 Å². The molecule has 0 saturated carbocycles. The van der Waals surface area contributed by atoms with E-state index in [1.807, 2.05) is 0 Å². The van der Waals surface area contributed by atoms with E-state index in [-0.39, 0.29) is 25.9 Å². The zero-order chi connectivity index (χ0) is 56.9. The van der Waals surface area contributed by atoms with Crippen LogP contribution < -0.4 is 0 Å². The van der Waals surface area contributed by atoms with Crippen molar-refractivity contribution in [1.29, 1.82) is 0 Å². The topological polar surface area (TPSA) is 155 Å². The third kappa shape index (κ3) is 58.6. The van der Waals surface area contributed by atoms with Gasteiger partial charge in [0, 0.05) is 19.3 Å². The summed E-state index contributed by atoms with van der Waals surface area (Å²) in [5.41, 5.74) is 0. The van der Waals surface area contributed by atoms with Crippen LogP contribution in [0.25, 0.3) is 0 Å². The van der Waals surface area contributed by atoms with Gasteiger partial charge in [-0.1, -0.05) is 295 Å². The van der Waals surface area contributed by atoms with Crippen molar-refractivity contribution in [3.05, 3.63) is 24.3 Å². The lowest BCUT2D eigenvalue weighted by Gasteiger charge is -2.21. The molecule has 0 aromatic carbocycles. The van der Waals surface area contributed by atoms with E-state index in [2.05, 4.69) is 45.1 Å². The van der Waals surface area contributed by atoms with Gasteiger partial charge in [-0.2, -0.15) is 0 Å². The Morgan fingerprint density at radius 1 is 0.359 bits per heavy atom. The van der Waals surface area contributed by atoms with Gasteiger partial charge in [0.15, 0.2) is 6.10 Å². The SMILES string of the molecule is CCCCC/C=C\C/C=C\CCCCCCCCCC(=O)OC(COC(=O)CCCCCCCCCCCCCCCCCCC)COP(=O)(O)OCC(CO)OC(=O)CCCCCCCCCCCCCCCCCCC. The second kappa shape index (κ2) is 61.0. The highest BCUT2D eigenvalue weighted by atomic mass is 31.2. The van der Waals surface area contributed by atoms with Gasteiger partial charge in [-0.05, 0) is 51.4 Å². The molecule has 3 atom stereocenters. The summed E-state index contributed by atoms with van der Waals surface area (Å²) in [5, 5.41) is 9.86. The largest absolute Gasteiger partial charge is 0.472 e. The van der Waals surface area contributed by atoms with Crippen molar-refractivity contribution in [3.63, 3.8) is 0 Å². The average Bonchev–Trinajstić information content (AvgIpc) is 3.43. The molecule has 78 heavy (non-hydrogen) atoms. The van der Waals surface area contributed by atoms with E-state index >= 15 is 0 Å². The van der Waals surface area contributed by atoms with Crippen LogP contribution in [0.3, 0.4) is 0 Å².